The molecule has 1 heterocycles. The minimum atomic E-state index is -0.608. The predicted molar refractivity (Wildman–Crippen MR) is 73.5 cm³/mol. The maximum Gasteiger partial charge on any atom is 0.259 e. The zero-order valence-corrected chi connectivity index (χ0v) is 10.9. The van der Waals surface area contributed by atoms with Crippen LogP contribution in [0.2, 0.25) is 0 Å². The van der Waals surface area contributed by atoms with Crippen LogP contribution in [0.4, 0.5) is 10.2 Å². The van der Waals surface area contributed by atoms with Crippen LogP contribution in [-0.2, 0) is 7.05 Å². The second-order valence-corrected chi connectivity index (χ2v) is 3.99. The number of hydrogen-bond donors (Lipinski definition) is 2. The molecule has 2 aromatic rings. The second-order valence-electron chi connectivity index (χ2n) is 3.99. The Morgan fingerprint density at radius 2 is 2.30 bits per heavy atom. The lowest BCUT2D eigenvalue weighted by molar-refractivity contribution is 0.102. The summed E-state index contributed by atoms with van der Waals surface area (Å²) in [6.45, 7) is 0.202. The van der Waals surface area contributed by atoms with Crippen LogP contribution in [0.5, 0.6) is 0 Å². The molecule has 3 N–H and O–H groups in total. The molecule has 0 saturated heterocycles. The highest BCUT2D eigenvalue weighted by molar-refractivity contribution is 6.04. The van der Waals surface area contributed by atoms with Gasteiger partial charge in [0.2, 0.25) is 0 Å². The van der Waals surface area contributed by atoms with Gasteiger partial charge < -0.3 is 11.1 Å². The number of hydrogen-bond acceptors (Lipinski definition) is 3. The van der Waals surface area contributed by atoms with E-state index in [9.17, 15) is 9.18 Å². The molecule has 1 aromatic heterocycles. The van der Waals surface area contributed by atoms with Crippen molar-refractivity contribution >= 4 is 11.7 Å². The summed E-state index contributed by atoms with van der Waals surface area (Å²) in [7, 11) is 1.68. The smallest absolute Gasteiger partial charge is 0.259 e. The van der Waals surface area contributed by atoms with Crippen LogP contribution in [0, 0.1) is 17.7 Å². The zero-order valence-electron chi connectivity index (χ0n) is 10.9. The topological polar surface area (TPSA) is 72.9 Å². The van der Waals surface area contributed by atoms with Crippen molar-refractivity contribution in [1.29, 1.82) is 0 Å². The normalized spacial score (nSPS) is 9.75. The molecule has 1 aromatic carbocycles. The first-order chi connectivity index (χ1) is 9.61. The van der Waals surface area contributed by atoms with Crippen molar-refractivity contribution < 1.29 is 9.18 Å². The maximum absolute atomic E-state index is 13.7. The predicted octanol–water partition coefficient (Wildman–Crippen LogP) is 1.12. The number of amides is 1. The second kappa shape index (κ2) is 5.99. The largest absolute Gasteiger partial charge is 0.320 e. The molecule has 102 valence electrons. The zero-order chi connectivity index (χ0) is 14.5. The molecule has 5 nitrogen and oxygen atoms in total. The van der Waals surface area contributed by atoms with Gasteiger partial charge in [0.15, 0.2) is 0 Å². The van der Waals surface area contributed by atoms with E-state index in [-0.39, 0.29) is 12.1 Å². The standard InChI is InChI=1S/C14H13FN4O/c1-19-13(6-8-17-19)18-14(20)11-9-10(3-2-7-16)4-5-12(11)15/h4-6,8-9H,7,16H2,1H3,(H,18,20). The van der Waals surface area contributed by atoms with Crippen LogP contribution < -0.4 is 11.1 Å². The van der Waals surface area contributed by atoms with Crippen molar-refractivity contribution in [3.8, 4) is 11.8 Å². The number of anilines is 1. The number of halogens is 1. The molecule has 0 bridgehead atoms. The van der Waals surface area contributed by atoms with Crippen LogP contribution >= 0.6 is 0 Å². The number of aryl methyl sites for hydroxylation is 1. The molecular weight excluding hydrogens is 259 g/mol. The minimum absolute atomic E-state index is 0.0741. The summed E-state index contributed by atoms with van der Waals surface area (Å²) in [4.78, 5) is 12.0. The van der Waals surface area contributed by atoms with E-state index >= 15 is 0 Å². The van der Waals surface area contributed by atoms with E-state index in [1.165, 1.54) is 29.1 Å². The molecule has 6 heteroatoms. The maximum atomic E-state index is 13.7. The number of benzene rings is 1. The summed E-state index contributed by atoms with van der Waals surface area (Å²) in [5.41, 5.74) is 5.73. The fraction of sp³-hybridized carbons (Fsp3) is 0.143. The number of carbonyl (C=O) groups is 1. The van der Waals surface area contributed by atoms with E-state index in [1.54, 1.807) is 13.1 Å². The van der Waals surface area contributed by atoms with E-state index in [1.807, 2.05) is 0 Å². The Labute approximate surface area is 115 Å². The minimum Gasteiger partial charge on any atom is -0.320 e. The number of nitrogens with zero attached hydrogens (tertiary/aromatic N) is 2. The summed E-state index contributed by atoms with van der Waals surface area (Å²) in [5.74, 6) is 4.73. The van der Waals surface area contributed by atoms with Crippen LogP contribution in [0.15, 0.2) is 30.5 Å². The molecule has 0 saturated carbocycles. The Bertz CT molecular complexity index is 697. The third-order valence-corrected chi connectivity index (χ3v) is 2.61. The number of aromatic nitrogens is 2. The van der Waals surface area contributed by atoms with E-state index in [0.717, 1.165) is 0 Å². The average Bonchev–Trinajstić information content (AvgIpc) is 2.83. The quantitative estimate of drug-likeness (QED) is 0.805. The summed E-state index contributed by atoms with van der Waals surface area (Å²) in [6, 6.07) is 5.72. The SMILES string of the molecule is Cn1nccc1NC(=O)c1cc(C#CCN)ccc1F. The molecule has 0 radical (unpaired) electrons. The first-order valence-corrected chi connectivity index (χ1v) is 5.89. The van der Waals surface area contributed by atoms with E-state index < -0.39 is 11.7 Å². The third kappa shape index (κ3) is 3.02. The van der Waals surface area contributed by atoms with Gasteiger partial charge in [0.05, 0.1) is 18.3 Å². The molecular formula is C14H13FN4O. The molecule has 0 aliphatic carbocycles. The van der Waals surface area contributed by atoms with Crippen LogP contribution in [0.25, 0.3) is 0 Å². The number of nitrogens with one attached hydrogen (secondary N) is 1. The summed E-state index contributed by atoms with van der Waals surface area (Å²) in [5, 5.41) is 6.50. The Hall–Kier alpha value is -2.65. The van der Waals surface area contributed by atoms with Crippen molar-refractivity contribution in [2.45, 2.75) is 0 Å². The van der Waals surface area contributed by atoms with Gasteiger partial charge in [0.25, 0.3) is 5.91 Å². The first kappa shape index (κ1) is 13.8. The van der Waals surface area contributed by atoms with Crippen LogP contribution in [-0.4, -0.2) is 22.2 Å². The van der Waals surface area contributed by atoms with Gasteiger partial charge in [-0.25, -0.2) is 4.39 Å². The van der Waals surface area contributed by atoms with Crippen molar-refractivity contribution in [1.82, 2.24) is 9.78 Å². The van der Waals surface area contributed by atoms with Crippen molar-refractivity contribution in [2.24, 2.45) is 12.8 Å². The third-order valence-electron chi connectivity index (χ3n) is 2.61. The van der Waals surface area contributed by atoms with Gasteiger partial charge >= 0.3 is 0 Å². The summed E-state index contributed by atoms with van der Waals surface area (Å²) >= 11 is 0. The Morgan fingerprint density at radius 1 is 1.50 bits per heavy atom. The molecule has 20 heavy (non-hydrogen) atoms. The van der Waals surface area contributed by atoms with Gasteiger partial charge in [-0.3, -0.25) is 9.48 Å². The van der Waals surface area contributed by atoms with Crippen molar-refractivity contribution in [3.05, 3.63) is 47.4 Å². The lowest BCUT2D eigenvalue weighted by Crippen LogP contribution is -2.16. The Morgan fingerprint density at radius 3 is 2.95 bits per heavy atom. The van der Waals surface area contributed by atoms with Gasteiger partial charge in [-0.15, -0.1) is 0 Å². The summed E-state index contributed by atoms with van der Waals surface area (Å²) < 4.78 is 15.2. The van der Waals surface area contributed by atoms with Crippen molar-refractivity contribution in [3.63, 3.8) is 0 Å². The molecule has 1 amide bonds. The van der Waals surface area contributed by atoms with E-state index in [0.29, 0.717) is 11.4 Å². The Balaban J connectivity index is 2.27. The highest BCUT2D eigenvalue weighted by Crippen LogP contribution is 2.13. The van der Waals surface area contributed by atoms with Gasteiger partial charge in [-0.2, -0.15) is 5.10 Å². The van der Waals surface area contributed by atoms with Gasteiger partial charge in [0.1, 0.15) is 11.6 Å². The van der Waals surface area contributed by atoms with Crippen LogP contribution in [0.1, 0.15) is 15.9 Å². The highest BCUT2D eigenvalue weighted by atomic mass is 19.1. The molecule has 0 unspecified atom stereocenters. The van der Waals surface area contributed by atoms with Crippen molar-refractivity contribution in [2.75, 3.05) is 11.9 Å². The highest BCUT2D eigenvalue weighted by Gasteiger charge is 2.13. The lowest BCUT2D eigenvalue weighted by atomic mass is 10.1. The monoisotopic (exact) mass is 272 g/mol. The van der Waals surface area contributed by atoms with E-state index in [4.69, 9.17) is 5.73 Å². The number of carbonyl (C=O) groups excluding carboxylic acids is 1. The Kier molecular flexibility index (Phi) is 4.13. The molecule has 0 aliphatic heterocycles. The molecule has 2 rings (SSSR count). The van der Waals surface area contributed by atoms with Gasteiger partial charge in [-0.1, -0.05) is 11.8 Å². The van der Waals surface area contributed by atoms with E-state index in [2.05, 4.69) is 22.3 Å². The molecule has 0 fully saturated rings. The number of rotatable bonds is 2. The molecule has 0 aliphatic rings. The fourth-order valence-electron chi connectivity index (χ4n) is 1.61. The van der Waals surface area contributed by atoms with Gasteiger partial charge in [0, 0.05) is 18.7 Å². The molecule has 0 atom stereocenters. The van der Waals surface area contributed by atoms with Crippen LogP contribution in [0.3, 0.4) is 0 Å². The average molecular weight is 272 g/mol. The fourth-order valence-corrected chi connectivity index (χ4v) is 1.61. The van der Waals surface area contributed by atoms with Gasteiger partial charge in [-0.05, 0) is 18.2 Å². The first-order valence-electron chi connectivity index (χ1n) is 5.89. The number of nitrogens with two attached hydrogens (primary N) is 1. The summed E-state index contributed by atoms with van der Waals surface area (Å²) in [6.07, 6.45) is 1.54. The molecule has 0 spiro atoms. The lowest BCUT2D eigenvalue weighted by Gasteiger charge is -2.06.